The van der Waals surface area contributed by atoms with Gasteiger partial charge in [0.05, 0.1) is 0 Å². The van der Waals surface area contributed by atoms with E-state index < -0.39 is 0 Å². The van der Waals surface area contributed by atoms with E-state index in [0.717, 1.165) is 18.8 Å². The molecule has 0 aromatic heterocycles. The van der Waals surface area contributed by atoms with Gasteiger partial charge in [0.15, 0.2) is 0 Å². The van der Waals surface area contributed by atoms with Crippen LogP contribution in [-0.2, 0) is 6.54 Å². The summed E-state index contributed by atoms with van der Waals surface area (Å²) >= 11 is 0. The van der Waals surface area contributed by atoms with Gasteiger partial charge < -0.3 is 10.1 Å². The van der Waals surface area contributed by atoms with Gasteiger partial charge >= 0.3 is 0 Å². The summed E-state index contributed by atoms with van der Waals surface area (Å²) in [5.74, 6) is 0.944. The molecule has 0 aliphatic heterocycles. The fourth-order valence-electron chi connectivity index (χ4n) is 2.38. The zero-order valence-electron chi connectivity index (χ0n) is 13.5. The lowest BCUT2D eigenvalue weighted by molar-refractivity contribution is 0.313. The molecule has 0 radical (unpaired) electrons. The number of benzene rings is 2. The molecule has 0 amide bonds. The van der Waals surface area contributed by atoms with Gasteiger partial charge in [-0.05, 0) is 67.6 Å². The highest BCUT2D eigenvalue weighted by Gasteiger charge is 2.01. The van der Waals surface area contributed by atoms with Crippen molar-refractivity contribution < 1.29 is 4.74 Å². The van der Waals surface area contributed by atoms with Crippen LogP contribution in [0.25, 0.3) is 0 Å². The molecule has 2 aromatic rings. The summed E-state index contributed by atoms with van der Waals surface area (Å²) in [6.07, 6.45) is 0. The fraction of sp³-hybridized carbons (Fsp3) is 0.368. The zero-order valence-corrected chi connectivity index (χ0v) is 13.5. The molecule has 0 saturated heterocycles. The van der Waals surface area contributed by atoms with Gasteiger partial charge in [0, 0.05) is 13.1 Å². The molecule has 112 valence electrons. The predicted octanol–water partition coefficient (Wildman–Crippen LogP) is 4.09. The number of hydrogen-bond acceptors (Lipinski definition) is 2. The Labute approximate surface area is 128 Å². The van der Waals surface area contributed by atoms with Crippen LogP contribution in [0.15, 0.2) is 36.4 Å². The summed E-state index contributed by atoms with van der Waals surface area (Å²) in [6.45, 7) is 11.0. The topological polar surface area (TPSA) is 21.3 Å². The fourth-order valence-corrected chi connectivity index (χ4v) is 2.38. The minimum Gasteiger partial charge on any atom is -0.492 e. The summed E-state index contributed by atoms with van der Waals surface area (Å²) in [6, 6.07) is 12.7. The summed E-state index contributed by atoms with van der Waals surface area (Å²) < 4.78 is 5.74. The first-order valence-corrected chi connectivity index (χ1v) is 7.53. The first kappa shape index (κ1) is 15.6. The van der Waals surface area contributed by atoms with Crippen LogP contribution in [0.2, 0.25) is 0 Å². The van der Waals surface area contributed by atoms with E-state index >= 15 is 0 Å². The van der Waals surface area contributed by atoms with Crippen molar-refractivity contribution in [1.29, 1.82) is 0 Å². The van der Waals surface area contributed by atoms with Gasteiger partial charge in [-0.1, -0.05) is 24.3 Å². The number of ether oxygens (including phenoxy) is 1. The van der Waals surface area contributed by atoms with Crippen molar-refractivity contribution in [2.45, 2.75) is 34.2 Å². The second-order valence-electron chi connectivity index (χ2n) is 5.70. The van der Waals surface area contributed by atoms with Crippen molar-refractivity contribution in [3.8, 4) is 5.75 Å². The SMILES string of the molecule is Cc1cccc(OCCNCc2cc(C)c(C)cc2C)c1. The first-order chi connectivity index (χ1) is 10.1. The third-order valence-corrected chi connectivity index (χ3v) is 3.80. The summed E-state index contributed by atoms with van der Waals surface area (Å²) in [4.78, 5) is 0. The molecule has 2 heteroatoms. The van der Waals surface area contributed by atoms with E-state index in [-0.39, 0.29) is 0 Å². The van der Waals surface area contributed by atoms with Crippen LogP contribution in [0.5, 0.6) is 5.75 Å². The Hall–Kier alpha value is -1.80. The van der Waals surface area contributed by atoms with Gasteiger partial charge in [0.2, 0.25) is 0 Å². The molecule has 0 aliphatic carbocycles. The third kappa shape index (κ3) is 4.61. The van der Waals surface area contributed by atoms with Gasteiger partial charge in [0.25, 0.3) is 0 Å². The Morgan fingerprint density at radius 3 is 2.43 bits per heavy atom. The molecule has 0 spiro atoms. The maximum atomic E-state index is 5.74. The molecule has 0 fully saturated rings. The lowest BCUT2D eigenvalue weighted by atomic mass is 10.0. The lowest BCUT2D eigenvalue weighted by Crippen LogP contribution is -2.21. The molecule has 0 unspecified atom stereocenters. The van der Waals surface area contributed by atoms with E-state index in [0.29, 0.717) is 6.61 Å². The Kier molecular flexibility index (Phi) is 5.40. The average molecular weight is 283 g/mol. The minimum atomic E-state index is 0.688. The van der Waals surface area contributed by atoms with Gasteiger partial charge in [-0.25, -0.2) is 0 Å². The highest BCUT2D eigenvalue weighted by Crippen LogP contribution is 2.15. The molecule has 0 bridgehead atoms. The van der Waals surface area contributed by atoms with Crippen LogP contribution in [-0.4, -0.2) is 13.2 Å². The first-order valence-electron chi connectivity index (χ1n) is 7.53. The van der Waals surface area contributed by atoms with Gasteiger partial charge in [0.1, 0.15) is 12.4 Å². The summed E-state index contributed by atoms with van der Waals surface area (Å²) in [5.41, 5.74) is 6.66. The van der Waals surface area contributed by atoms with E-state index in [4.69, 9.17) is 4.74 Å². The Balaban J connectivity index is 1.76. The van der Waals surface area contributed by atoms with E-state index in [1.165, 1.54) is 27.8 Å². The van der Waals surface area contributed by atoms with Crippen LogP contribution in [0, 0.1) is 27.7 Å². The molecule has 2 rings (SSSR count). The lowest BCUT2D eigenvalue weighted by Gasteiger charge is -2.12. The second kappa shape index (κ2) is 7.28. The number of aryl methyl sites for hydroxylation is 4. The Morgan fingerprint density at radius 1 is 0.905 bits per heavy atom. The number of rotatable bonds is 6. The molecular formula is C19H25NO. The molecule has 2 nitrogen and oxygen atoms in total. The average Bonchev–Trinajstić information content (AvgIpc) is 2.44. The molecule has 0 saturated carbocycles. The van der Waals surface area contributed by atoms with Crippen LogP contribution < -0.4 is 10.1 Å². The highest BCUT2D eigenvalue weighted by atomic mass is 16.5. The van der Waals surface area contributed by atoms with Crippen molar-refractivity contribution in [2.24, 2.45) is 0 Å². The van der Waals surface area contributed by atoms with Crippen LogP contribution in [0.1, 0.15) is 27.8 Å². The summed E-state index contributed by atoms with van der Waals surface area (Å²) in [5, 5.41) is 3.45. The monoisotopic (exact) mass is 283 g/mol. The van der Waals surface area contributed by atoms with Crippen molar-refractivity contribution in [2.75, 3.05) is 13.2 Å². The van der Waals surface area contributed by atoms with Crippen LogP contribution >= 0.6 is 0 Å². The molecule has 0 aliphatic rings. The van der Waals surface area contributed by atoms with Gasteiger partial charge in [-0.2, -0.15) is 0 Å². The highest BCUT2D eigenvalue weighted by molar-refractivity contribution is 5.36. The zero-order chi connectivity index (χ0) is 15.2. The smallest absolute Gasteiger partial charge is 0.119 e. The Bertz CT molecular complexity index is 605. The predicted molar refractivity (Wildman–Crippen MR) is 89.0 cm³/mol. The van der Waals surface area contributed by atoms with E-state index in [2.05, 4.69) is 57.3 Å². The second-order valence-corrected chi connectivity index (χ2v) is 5.70. The van der Waals surface area contributed by atoms with Crippen molar-refractivity contribution in [3.63, 3.8) is 0 Å². The molecule has 2 aromatic carbocycles. The van der Waals surface area contributed by atoms with Crippen LogP contribution in [0.3, 0.4) is 0 Å². The minimum absolute atomic E-state index is 0.688. The summed E-state index contributed by atoms with van der Waals surface area (Å²) in [7, 11) is 0. The molecular weight excluding hydrogens is 258 g/mol. The van der Waals surface area contributed by atoms with E-state index in [1.807, 2.05) is 12.1 Å². The number of nitrogens with one attached hydrogen (secondary N) is 1. The molecule has 0 atom stereocenters. The van der Waals surface area contributed by atoms with E-state index in [9.17, 15) is 0 Å². The largest absolute Gasteiger partial charge is 0.492 e. The van der Waals surface area contributed by atoms with Crippen molar-refractivity contribution in [1.82, 2.24) is 5.32 Å². The van der Waals surface area contributed by atoms with Gasteiger partial charge in [-0.15, -0.1) is 0 Å². The molecule has 0 heterocycles. The molecule has 1 N–H and O–H groups in total. The molecule has 21 heavy (non-hydrogen) atoms. The standard InChI is InChI=1S/C19H25NO/c1-14-6-5-7-19(10-14)21-9-8-20-13-18-12-16(3)15(2)11-17(18)4/h5-7,10-12,20H,8-9,13H2,1-4H3. The third-order valence-electron chi connectivity index (χ3n) is 3.80. The maximum absolute atomic E-state index is 5.74. The Morgan fingerprint density at radius 2 is 1.67 bits per heavy atom. The normalized spacial score (nSPS) is 10.7. The van der Waals surface area contributed by atoms with Gasteiger partial charge in [-0.3, -0.25) is 0 Å². The van der Waals surface area contributed by atoms with Crippen molar-refractivity contribution in [3.05, 3.63) is 64.2 Å². The van der Waals surface area contributed by atoms with Crippen molar-refractivity contribution >= 4 is 0 Å². The van der Waals surface area contributed by atoms with E-state index in [1.54, 1.807) is 0 Å². The number of hydrogen-bond donors (Lipinski definition) is 1. The maximum Gasteiger partial charge on any atom is 0.119 e. The van der Waals surface area contributed by atoms with Crippen LogP contribution in [0.4, 0.5) is 0 Å². The quantitative estimate of drug-likeness (QED) is 0.806.